The molecule has 0 radical (unpaired) electrons. The Morgan fingerprint density at radius 2 is 2.05 bits per heavy atom. The number of nitrogens with one attached hydrogen (secondary N) is 1. The maximum atomic E-state index is 5.69. The highest BCUT2D eigenvalue weighted by molar-refractivity contribution is 5.44. The molecule has 1 aliphatic rings. The predicted octanol–water partition coefficient (Wildman–Crippen LogP) is 1.78. The standard InChI is InChI=1S/C14H22N2O3/c1-3-17-10(2)14(16-15)11-5-6-12-13(9-11)19-8-4-7-18-12/h5-6,9-10,14,16H,3-4,7-8,15H2,1-2H3. The van der Waals surface area contributed by atoms with Crippen molar-refractivity contribution in [2.24, 2.45) is 5.84 Å². The van der Waals surface area contributed by atoms with Crippen molar-refractivity contribution >= 4 is 0 Å². The second-order valence-corrected chi connectivity index (χ2v) is 4.56. The van der Waals surface area contributed by atoms with Crippen molar-refractivity contribution in [1.29, 1.82) is 0 Å². The number of hydrogen-bond donors (Lipinski definition) is 2. The Balaban J connectivity index is 2.21. The third-order valence-electron chi connectivity index (χ3n) is 3.21. The first-order chi connectivity index (χ1) is 9.26. The molecule has 0 fully saturated rings. The highest BCUT2D eigenvalue weighted by Gasteiger charge is 2.20. The van der Waals surface area contributed by atoms with Crippen LogP contribution < -0.4 is 20.7 Å². The van der Waals surface area contributed by atoms with Crippen LogP contribution in [0.1, 0.15) is 31.9 Å². The zero-order valence-corrected chi connectivity index (χ0v) is 11.5. The number of hydrogen-bond acceptors (Lipinski definition) is 5. The molecule has 0 amide bonds. The lowest BCUT2D eigenvalue weighted by atomic mass is 10.0. The molecule has 0 aromatic heterocycles. The highest BCUT2D eigenvalue weighted by Crippen LogP contribution is 2.33. The van der Waals surface area contributed by atoms with Gasteiger partial charge in [-0.2, -0.15) is 0 Å². The summed E-state index contributed by atoms with van der Waals surface area (Å²) in [5, 5.41) is 0. The lowest BCUT2D eigenvalue weighted by Gasteiger charge is -2.24. The molecule has 3 N–H and O–H groups in total. The Hall–Kier alpha value is -1.30. The van der Waals surface area contributed by atoms with Crippen LogP contribution in [0.4, 0.5) is 0 Å². The Kier molecular flexibility index (Phi) is 5.01. The van der Waals surface area contributed by atoms with Crippen LogP contribution in [-0.4, -0.2) is 25.9 Å². The summed E-state index contributed by atoms with van der Waals surface area (Å²) in [6.45, 7) is 6.00. The van der Waals surface area contributed by atoms with Gasteiger partial charge in [-0.3, -0.25) is 11.3 Å². The van der Waals surface area contributed by atoms with Crippen molar-refractivity contribution in [3.63, 3.8) is 0 Å². The summed E-state index contributed by atoms with van der Waals surface area (Å²) in [4.78, 5) is 0. The fourth-order valence-electron chi connectivity index (χ4n) is 2.24. The SMILES string of the molecule is CCOC(C)C(NN)c1ccc2c(c1)OCCCO2. The van der Waals surface area contributed by atoms with Crippen molar-refractivity contribution in [3.8, 4) is 11.5 Å². The number of fused-ring (bicyclic) bond motifs is 1. The quantitative estimate of drug-likeness (QED) is 0.628. The van der Waals surface area contributed by atoms with Gasteiger partial charge in [0.2, 0.25) is 0 Å². The molecule has 2 atom stereocenters. The van der Waals surface area contributed by atoms with Crippen molar-refractivity contribution in [1.82, 2.24) is 5.43 Å². The van der Waals surface area contributed by atoms with Gasteiger partial charge >= 0.3 is 0 Å². The number of ether oxygens (including phenoxy) is 3. The average molecular weight is 266 g/mol. The number of rotatable bonds is 5. The van der Waals surface area contributed by atoms with E-state index in [4.69, 9.17) is 20.1 Å². The molecule has 5 heteroatoms. The summed E-state index contributed by atoms with van der Waals surface area (Å²) in [5.41, 5.74) is 3.84. The van der Waals surface area contributed by atoms with Gasteiger partial charge in [0, 0.05) is 13.0 Å². The number of hydrazine groups is 1. The van der Waals surface area contributed by atoms with Gasteiger partial charge in [0.05, 0.1) is 25.4 Å². The van der Waals surface area contributed by atoms with Crippen LogP contribution in [0, 0.1) is 0 Å². The summed E-state index contributed by atoms with van der Waals surface area (Å²) >= 11 is 0. The predicted molar refractivity (Wildman–Crippen MR) is 73.2 cm³/mol. The van der Waals surface area contributed by atoms with Crippen LogP contribution in [0.3, 0.4) is 0 Å². The van der Waals surface area contributed by atoms with E-state index in [0.29, 0.717) is 19.8 Å². The summed E-state index contributed by atoms with van der Waals surface area (Å²) in [7, 11) is 0. The van der Waals surface area contributed by atoms with Crippen molar-refractivity contribution < 1.29 is 14.2 Å². The van der Waals surface area contributed by atoms with E-state index in [1.54, 1.807) is 0 Å². The summed E-state index contributed by atoms with van der Waals surface area (Å²) < 4.78 is 16.9. The molecule has 5 nitrogen and oxygen atoms in total. The Morgan fingerprint density at radius 1 is 1.32 bits per heavy atom. The third-order valence-corrected chi connectivity index (χ3v) is 3.21. The van der Waals surface area contributed by atoms with Crippen LogP contribution in [0.25, 0.3) is 0 Å². The summed E-state index contributed by atoms with van der Waals surface area (Å²) in [5.74, 6) is 7.21. The third kappa shape index (κ3) is 3.37. The van der Waals surface area contributed by atoms with Crippen LogP contribution in [0.5, 0.6) is 11.5 Å². The molecule has 0 saturated heterocycles. The van der Waals surface area contributed by atoms with Crippen molar-refractivity contribution in [2.45, 2.75) is 32.4 Å². The largest absolute Gasteiger partial charge is 0.490 e. The van der Waals surface area contributed by atoms with Gasteiger partial charge in [-0.15, -0.1) is 0 Å². The first-order valence-electron chi connectivity index (χ1n) is 6.73. The molecule has 1 heterocycles. The topological polar surface area (TPSA) is 65.7 Å². The van der Waals surface area contributed by atoms with E-state index in [-0.39, 0.29) is 12.1 Å². The molecule has 1 aromatic carbocycles. The fraction of sp³-hybridized carbons (Fsp3) is 0.571. The molecule has 0 bridgehead atoms. The molecular weight excluding hydrogens is 244 g/mol. The van der Waals surface area contributed by atoms with Crippen LogP contribution in [-0.2, 0) is 4.74 Å². The molecule has 2 rings (SSSR count). The van der Waals surface area contributed by atoms with E-state index in [1.807, 2.05) is 32.0 Å². The van der Waals surface area contributed by atoms with Crippen LogP contribution in [0.15, 0.2) is 18.2 Å². The molecule has 1 aliphatic heterocycles. The van der Waals surface area contributed by atoms with Crippen LogP contribution >= 0.6 is 0 Å². The maximum Gasteiger partial charge on any atom is 0.161 e. The fourth-order valence-corrected chi connectivity index (χ4v) is 2.24. The second kappa shape index (κ2) is 6.75. The van der Waals surface area contributed by atoms with Gasteiger partial charge in [0.25, 0.3) is 0 Å². The molecule has 0 spiro atoms. The Morgan fingerprint density at radius 3 is 2.74 bits per heavy atom. The Labute approximate surface area is 114 Å². The second-order valence-electron chi connectivity index (χ2n) is 4.56. The zero-order valence-electron chi connectivity index (χ0n) is 11.5. The minimum atomic E-state index is -0.0721. The molecule has 106 valence electrons. The highest BCUT2D eigenvalue weighted by atomic mass is 16.5. The molecule has 0 aliphatic carbocycles. The first-order valence-corrected chi connectivity index (χ1v) is 6.73. The van der Waals surface area contributed by atoms with Crippen molar-refractivity contribution in [2.75, 3.05) is 19.8 Å². The average Bonchev–Trinajstić information content (AvgIpc) is 2.64. The molecule has 1 aromatic rings. The maximum absolute atomic E-state index is 5.69. The molecule has 2 unspecified atom stereocenters. The van der Waals surface area contributed by atoms with E-state index in [9.17, 15) is 0 Å². The molecule has 19 heavy (non-hydrogen) atoms. The van der Waals surface area contributed by atoms with E-state index in [1.165, 1.54) is 0 Å². The van der Waals surface area contributed by atoms with Gasteiger partial charge in [-0.1, -0.05) is 6.07 Å². The van der Waals surface area contributed by atoms with Gasteiger partial charge in [0.15, 0.2) is 11.5 Å². The first kappa shape index (κ1) is 14.1. The van der Waals surface area contributed by atoms with Gasteiger partial charge in [0.1, 0.15) is 0 Å². The Bertz CT molecular complexity index is 412. The lowest BCUT2D eigenvalue weighted by Crippen LogP contribution is -2.36. The van der Waals surface area contributed by atoms with Gasteiger partial charge in [-0.05, 0) is 31.5 Å². The molecule has 0 saturated carbocycles. The van der Waals surface area contributed by atoms with Crippen LogP contribution in [0.2, 0.25) is 0 Å². The lowest BCUT2D eigenvalue weighted by molar-refractivity contribution is 0.0472. The van der Waals surface area contributed by atoms with Gasteiger partial charge in [-0.25, -0.2) is 0 Å². The van der Waals surface area contributed by atoms with Gasteiger partial charge < -0.3 is 14.2 Å². The van der Waals surface area contributed by atoms with E-state index in [0.717, 1.165) is 23.5 Å². The zero-order chi connectivity index (χ0) is 13.7. The number of benzene rings is 1. The summed E-state index contributed by atoms with van der Waals surface area (Å²) in [6, 6.07) is 5.82. The van der Waals surface area contributed by atoms with E-state index in [2.05, 4.69) is 5.43 Å². The normalized spacial score (nSPS) is 17.6. The smallest absolute Gasteiger partial charge is 0.161 e. The molecular formula is C14H22N2O3. The van der Waals surface area contributed by atoms with E-state index >= 15 is 0 Å². The monoisotopic (exact) mass is 266 g/mol. The van der Waals surface area contributed by atoms with E-state index < -0.39 is 0 Å². The minimum absolute atomic E-state index is 0.0141. The summed E-state index contributed by atoms with van der Waals surface area (Å²) in [6.07, 6.45) is 0.887. The minimum Gasteiger partial charge on any atom is -0.490 e. The number of nitrogens with two attached hydrogens (primary N) is 1. The van der Waals surface area contributed by atoms with Crippen molar-refractivity contribution in [3.05, 3.63) is 23.8 Å².